The van der Waals surface area contributed by atoms with E-state index in [1.54, 1.807) is 7.11 Å². The lowest BCUT2D eigenvalue weighted by Gasteiger charge is -2.01. The molecule has 0 aliphatic carbocycles. The summed E-state index contributed by atoms with van der Waals surface area (Å²) in [6.45, 7) is 0. The first-order valence-electron chi connectivity index (χ1n) is 3.04. The van der Waals surface area contributed by atoms with Crippen molar-refractivity contribution in [1.29, 1.82) is 0 Å². The molecule has 0 unspecified atom stereocenters. The molecular weight excluding hydrogens is 238 g/mol. The first-order valence-corrected chi connectivity index (χ1v) is 4.12. The van der Waals surface area contributed by atoms with Gasteiger partial charge in [-0.2, -0.15) is 0 Å². The SMILES string of the molecule is Bc1ccc(OC)cc1I. The maximum atomic E-state index is 5.05. The van der Waals surface area contributed by atoms with Crippen LogP contribution in [0.2, 0.25) is 0 Å². The molecular formula is C7H8BIO. The molecule has 0 aromatic heterocycles. The molecule has 10 heavy (non-hydrogen) atoms. The predicted molar refractivity (Wildman–Crippen MR) is 53.9 cm³/mol. The molecule has 3 heteroatoms. The first kappa shape index (κ1) is 7.92. The van der Waals surface area contributed by atoms with Gasteiger partial charge in [0.2, 0.25) is 0 Å². The van der Waals surface area contributed by atoms with Crippen LogP contribution in [0.5, 0.6) is 5.75 Å². The van der Waals surface area contributed by atoms with E-state index >= 15 is 0 Å². The highest BCUT2D eigenvalue weighted by Crippen LogP contribution is 2.11. The number of rotatable bonds is 1. The summed E-state index contributed by atoms with van der Waals surface area (Å²) in [5, 5.41) is 0. The molecule has 1 aromatic rings. The number of halogens is 1. The molecule has 0 saturated heterocycles. The Kier molecular flexibility index (Phi) is 2.60. The van der Waals surface area contributed by atoms with Crippen LogP contribution in [-0.4, -0.2) is 15.0 Å². The summed E-state index contributed by atoms with van der Waals surface area (Å²) in [6.07, 6.45) is 0. The molecule has 52 valence electrons. The minimum atomic E-state index is 0.926. The molecule has 1 nitrogen and oxygen atoms in total. The summed E-state index contributed by atoms with van der Waals surface area (Å²) in [7, 11) is 3.77. The van der Waals surface area contributed by atoms with Crippen molar-refractivity contribution < 1.29 is 4.74 Å². The van der Waals surface area contributed by atoms with Gasteiger partial charge in [0.15, 0.2) is 0 Å². The van der Waals surface area contributed by atoms with Gasteiger partial charge in [-0.3, -0.25) is 0 Å². The molecule has 0 spiro atoms. The van der Waals surface area contributed by atoms with Crippen molar-refractivity contribution >= 4 is 35.9 Å². The Morgan fingerprint density at radius 2 is 2.20 bits per heavy atom. The normalized spacial score (nSPS) is 9.40. The molecule has 0 aliphatic rings. The zero-order valence-electron chi connectivity index (χ0n) is 6.02. The molecule has 0 saturated carbocycles. The van der Waals surface area contributed by atoms with Gasteiger partial charge in [0.25, 0.3) is 0 Å². The topological polar surface area (TPSA) is 9.23 Å². The van der Waals surface area contributed by atoms with Crippen molar-refractivity contribution in [3.8, 4) is 5.75 Å². The van der Waals surface area contributed by atoms with Crippen molar-refractivity contribution in [2.24, 2.45) is 0 Å². The number of hydrogen-bond donors (Lipinski definition) is 0. The van der Waals surface area contributed by atoms with Crippen molar-refractivity contribution in [1.82, 2.24) is 0 Å². The average Bonchev–Trinajstić information content (AvgIpc) is 1.95. The van der Waals surface area contributed by atoms with Crippen LogP contribution in [0.3, 0.4) is 0 Å². The van der Waals surface area contributed by atoms with Gasteiger partial charge in [-0.15, -0.1) is 0 Å². The van der Waals surface area contributed by atoms with Gasteiger partial charge in [-0.05, 0) is 34.7 Å². The molecule has 0 amide bonds. The molecule has 0 atom stereocenters. The van der Waals surface area contributed by atoms with E-state index in [0.29, 0.717) is 0 Å². The van der Waals surface area contributed by atoms with Gasteiger partial charge < -0.3 is 4.74 Å². The van der Waals surface area contributed by atoms with Crippen LogP contribution in [0.1, 0.15) is 0 Å². The third-order valence-corrected chi connectivity index (χ3v) is 2.54. The van der Waals surface area contributed by atoms with E-state index in [-0.39, 0.29) is 0 Å². The van der Waals surface area contributed by atoms with E-state index in [2.05, 4.69) is 36.5 Å². The van der Waals surface area contributed by atoms with E-state index in [1.165, 1.54) is 9.03 Å². The van der Waals surface area contributed by atoms with E-state index in [9.17, 15) is 0 Å². The zero-order valence-corrected chi connectivity index (χ0v) is 8.18. The molecule has 0 radical (unpaired) electrons. The van der Waals surface area contributed by atoms with Gasteiger partial charge in [0.1, 0.15) is 13.6 Å². The molecule has 0 fully saturated rings. The van der Waals surface area contributed by atoms with Gasteiger partial charge in [0.05, 0.1) is 7.11 Å². The maximum absolute atomic E-state index is 5.05. The van der Waals surface area contributed by atoms with Crippen molar-refractivity contribution in [3.05, 3.63) is 21.8 Å². The minimum Gasteiger partial charge on any atom is -0.497 e. The second-order valence-corrected chi connectivity index (χ2v) is 3.28. The molecule has 1 aromatic carbocycles. The summed E-state index contributed by atoms with van der Waals surface area (Å²) in [6, 6.07) is 6.05. The fourth-order valence-electron chi connectivity index (χ4n) is 0.701. The van der Waals surface area contributed by atoms with Gasteiger partial charge in [-0.25, -0.2) is 0 Å². The summed E-state index contributed by atoms with van der Waals surface area (Å²) in [5.74, 6) is 0.926. The molecule has 0 bridgehead atoms. The van der Waals surface area contributed by atoms with Crippen molar-refractivity contribution in [3.63, 3.8) is 0 Å². The standard InChI is InChI=1S/C7H8BIO/c1-10-5-2-3-6(8)7(9)4-5/h2-4H,8H2,1H3. The lowest BCUT2D eigenvalue weighted by molar-refractivity contribution is 0.414. The monoisotopic (exact) mass is 246 g/mol. The number of benzene rings is 1. The third-order valence-electron chi connectivity index (χ3n) is 1.38. The number of hydrogen-bond acceptors (Lipinski definition) is 1. The fourth-order valence-corrected chi connectivity index (χ4v) is 1.19. The Hall–Kier alpha value is -0.185. The molecule has 1 rings (SSSR count). The second-order valence-electron chi connectivity index (χ2n) is 2.12. The Morgan fingerprint density at radius 3 is 2.70 bits per heavy atom. The number of ether oxygens (including phenoxy) is 1. The van der Waals surface area contributed by atoms with Gasteiger partial charge in [-0.1, -0.05) is 11.5 Å². The highest BCUT2D eigenvalue weighted by atomic mass is 127. The summed E-state index contributed by atoms with van der Waals surface area (Å²) in [5.41, 5.74) is 1.29. The lowest BCUT2D eigenvalue weighted by Crippen LogP contribution is -2.05. The van der Waals surface area contributed by atoms with Crippen LogP contribution in [0.4, 0.5) is 0 Å². The van der Waals surface area contributed by atoms with Crippen LogP contribution in [-0.2, 0) is 0 Å². The van der Waals surface area contributed by atoms with Crippen LogP contribution >= 0.6 is 22.6 Å². The fraction of sp³-hybridized carbons (Fsp3) is 0.143. The smallest absolute Gasteiger partial charge is 0.140 e. The maximum Gasteiger partial charge on any atom is 0.140 e. The average molecular weight is 246 g/mol. The molecule has 0 heterocycles. The first-order chi connectivity index (χ1) is 4.74. The minimum absolute atomic E-state index is 0.926. The largest absolute Gasteiger partial charge is 0.497 e. The summed E-state index contributed by atoms with van der Waals surface area (Å²) < 4.78 is 6.29. The Morgan fingerprint density at radius 1 is 1.50 bits per heavy atom. The molecule has 0 aliphatic heterocycles. The predicted octanol–water partition coefficient (Wildman–Crippen LogP) is 0.558. The van der Waals surface area contributed by atoms with E-state index in [0.717, 1.165) is 5.75 Å². The van der Waals surface area contributed by atoms with Crippen LogP contribution < -0.4 is 10.2 Å². The zero-order chi connectivity index (χ0) is 7.56. The van der Waals surface area contributed by atoms with Crippen LogP contribution in [0.25, 0.3) is 0 Å². The highest BCUT2D eigenvalue weighted by Gasteiger charge is 1.94. The van der Waals surface area contributed by atoms with Gasteiger partial charge in [0, 0.05) is 3.57 Å². The van der Waals surface area contributed by atoms with Crippen LogP contribution in [0.15, 0.2) is 18.2 Å². The van der Waals surface area contributed by atoms with Crippen LogP contribution in [0, 0.1) is 3.57 Å². The summed E-state index contributed by atoms with van der Waals surface area (Å²) in [4.78, 5) is 0. The molecule has 0 N–H and O–H groups in total. The van der Waals surface area contributed by atoms with Gasteiger partial charge >= 0.3 is 0 Å². The third kappa shape index (κ3) is 1.65. The Labute approximate surface area is 75.3 Å². The quantitative estimate of drug-likeness (QED) is 0.519. The number of methoxy groups -OCH3 is 1. The highest BCUT2D eigenvalue weighted by molar-refractivity contribution is 14.1. The lowest BCUT2D eigenvalue weighted by atomic mass is 9.97. The van der Waals surface area contributed by atoms with E-state index < -0.39 is 0 Å². The Balaban J connectivity index is 3.04. The van der Waals surface area contributed by atoms with Crippen molar-refractivity contribution in [2.45, 2.75) is 0 Å². The summed E-state index contributed by atoms with van der Waals surface area (Å²) >= 11 is 2.29. The van der Waals surface area contributed by atoms with Crippen molar-refractivity contribution in [2.75, 3.05) is 7.11 Å². The second kappa shape index (κ2) is 3.28. The Bertz CT molecular complexity index is 237. The van der Waals surface area contributed by atoms with E-state index in [1.807, 2.05) is 12.1 Å². The van der Waals surface area contributed by atoms with E-state index in [4.69, 9.17) is 4.74 Å².